The van der Waals surface area contributed by atoms with Crippen molar-refractivity contribution in [2.45, 2.75) is 17.9 Å². The molecule has 0 spiro atoms. The summed E-state index contributed by atoms with van der Waals surface area (Å²) in [6.45, 7) is 1.79. The van der Waals surface area contributed by atoms with Gasteiger partial charge in [-0.1, -0.05) is 24.3 Å². The van der Waals surface area contributed by atoms with Gasteiger partial charge in [-0.2, -0.15) is 0 Å². The van der Waals surface area contributed by atoms with Crippen LogP contribution in [0.3, 0.4) is 0 Å². The van der Waals surface area contributed by atoms with E-state index in [0.717, 1.165) is 5.56 Å². The molecule has 0 aliphatic carbocycles. The molecule has 3 aromatic rings. The minimum atomic E-state index is -3.77. The Hall–Kier alpha value is -3.23. The van der Waals surface area contributed by atoms with Crippen molar-refractivity contribution in [1.29, 1.82) is 0 Å². The van der Waals surface area contributed by atoms with Crippen LogP contribution in [-0.4, -0.2) is 14.3 Å². The molecule has 3 rings (SSSR count). The molecule has 150 valence electrons. The molecule has 1 amide bonds. The lowest BCUT2D eigenvalue weighted by atomic mass is 10.1. The Morgan fingerprint density at radius 1 is 0.966 bits per heavy atom. The van der Waals surface area contributed by atoms with Crippen molar-refractivity contribution in [1.82, 2.24) is 5.32 Å². The van der Waals surface area contributed by atoms with Crippen LogP contribution in [0.25, 0.3) is 0 Å². The summed E-state index contributed by atoms with van der Waals surface area (Å²) in [5.74, 6) is -0.651. The van der Waals surface area contributed by atoms with Gasteiger partial charge in [0, 0.05) is 5.69 Å². The Morgan fingerprint density at radius 3 is 2.21 bits per heavy atom. The summed E-state index contributed by atoms with van der Waals surface area (Å²) < 4.78 is 35.8. The molecule has 0 bridgehead atoms. The molecule has 0 aliphatic heterocycles. The first-order chi connectivity index (χ1) is 13.7. The van der Waals surface area contributed by atoms with Crippen LogP contribution < -0.4 is 15.8 Å². The Balaban J connectivity index is 1.76. The van der Waals surface area contributed by atoms with E-state index in [-0.39, 0.29) is 22.7 Å². The fraction of sp³-hybridized carbons (Fsp3) is 0.0952. The van der Waals surface area contributed by atoms with Crippen molar-refractivity contribution in [3.05, 3.63) is 89.7 Å². The molecule has 8 heteroatoms. The Kier molecular flexibility index (Phi) is 5.95. The van der Waals surface area contributed by atoms with E-state index >= 15 is 0 Å². The molecule has 29 heavy (non-hydrogen) atoms. The minimum Gasteiger partial charge on any atom is -0.355 e. The van der Waals surface area contributed by atoms with E-state index in [4.69, 9.17) is 5.14 Å². The van der Waals surface area contributed by atoms with E-state index in [1.807, 2.05) is 0 Å². The summed E-state index contributed by atoms with van der Waals surface area (Å²) in [7, 11) is -3.77. The Labute approximate surface area is 168 Å². The van der Waals surface area contributed by atoms with Crippen molar-refractivity contribution in [2.24, 2.45) is 5.14 Å². The van der Waals surface area contributed by atoms with Crippen LogP contribution in [0.2, 0.25) is 0 Å². The van der Waals surface area contributed by atoms with Crippen molar-refractivity contribution < 1.29 is 17.6 Å². The summed E-state index contributed by atoms with van der Waals surface area (Å²) in [4.78, 5) is 12.8. The number of nitrogens with one attached hydrogen (secondary N) is 2. The first kappa shape index (κ1) is 20.5. The van der Waals surface area contributed by atoms with Gasteiger partial charge in [-0.15, -0.1) is 0 Å². The zero-order chi connectivity index (χ0) is 21.0. The normalized spacial score (nSPS) is 12.2. The van der Waals surface area contributed by atoms with Gasteiger partial charge in [0.15, 0.2) is 0 Å². The van der Waals surface area contributed by atoms with Gasteiger partial charge in [-0.25, -0.2) is 17.9 Å². The zero-order valence-electron chi connectivity index (χ0n) is 15.6. The van der Waals surface area contributed by atoms with Crippen molar-refractivity contribution in [3.8, 4) is 0 Å². The fourth-order valence-electron chi connectivity index (χ4n) is 2.78. The summed E-state index contributed by atoms with van der Waals surface area (Å²) in [6.07, 6.45) is 0. The van der Waals surface area contributed by atoms with E-state index < -0.39 is 10.0 Å². The zero-order valence-corrected chi connectivity index (χ0v) is 16.4. The molecule has 1 atom stereocenters. The number of halogens is 1. The summed E-state index contributed by atoms with van der Waals surface area (Å²) in [5.41, 5.74) is 2.38. The van der Waals surface area contributed by atoms with E-state index in [0.29, 0.717) is 16.9 Å². The maximum absolute atomic E-state index is 13.1. The average molecular weight is 413 g/mol. The van der Waals surface area contributed by atoms with Crippen LogP contribution in [0.1, 0.15) is 28.9 Å². The first-order valence-electron chi connectivity index (χ1n) is 8.79. The molecule has 3 aromatic carbocycles. The van der Waals surface area contributed by atoms with Gasteiger partial charge in [0.2, 0.25) is 10.0 Å². The Morgan fingerprint density at radius 2 is 1.59 bits per heavy atom. The Bertz CT molecular complexity index is 1110. The minimum absolute atomic E-state index is 0.00798. The highest BCUT2D eigenvalue weighted by Crippen LogP contribution is 2.22. The van der Waals surface area contributed by atoms with Gasteiger partial charge in [-0.3, -0.25) is 4.79 Å². The van der Waals surface area contributed by atoms with Gasteiger partial charge < -0.3 is 10.6 Å². The van der Waals surface area contributed by atoms with Crippen LogP contribution in [0.4, 0.5) is 15.8 Å². The third-order valence-electron chi connectivity index (χ3n) is 4.35. The molecule has 0 fully saturated rings. The highest BCUT2D eigenvalue weighted by molar-refractivity contribution is 7.89. The summed E-state index contributed by atoms with van der Waals surface area (Å²) >= 11 is 0. The maximum atomic E-state index is 13.1. The van der Waals surface area contributed by atoms with Gasteiger partial charge in [0.05, 0.1) is 22.2 Å². The maximum Gasteiger partial charge on any atom is 0.253 e. The summed E-state index contributed by atoms with van der Waals surface area (Å²) in [5, 5.41) is 11.1. The van der Waals surface area contributed by atoms with Crippen LogP contribution in [0.15, 0.2) is 77.7 Å². The number of carbonyl (C=O) groups excluding carboxylic acids is 1. The third kappa shape index (κ3) is 5.18. The monoisotopic (exact) mass is 413 g/mol. The SMILES string of the molecule is C[C@@H](NC(=O)c1ccccc1Nc1ccc(F)cc1)c1ccc(S(N)(=O)=O)cc1. The molecule has 0 saturated carbocycles. The number of primary sulfonamides is 1. The molecule has 4 N–H and O–H groups in total. The van der Waals surface area contributed by atoms with Crippen molar-refractivity contribution >= 4 is 27.3 Å². The lowest BCUT2D eigenvalue weighted by Crippen LogP contribution is -2.27. The lowest BCUT2D eigenvalue weighted by Gasteiger charge is -2.17. The second-order valence-electron chi connectivity index (χ2n) is 6.49. The largest absolute Gasteiger partial charge is 0.355 e. The van der Waals surface area contributed by atoms with Crippen LogP contribution in [0.5, 0.6) is 0 Å². The number of rotatable bonds is 6. The number of para-hydroxylation sites is 1. The van der Waals surface area contributed by atoms with Crippen molar-refractivity contribution in [3.63, 3.8) is 0 Å². The number of hydrogen-bond acceptors (Lipinski definition) is 4. The van der Waals surface area contributed by atoms with Crippen molar-refractivity contribution in [2.75, 3.05) is 5.32 Å². The molecule has 0 unspecified atom stereocenters. The highest BCUT2D eigenvalue weighted by Gasteiger charge is 2.16. The molecular formula is C21H20FN3O3S. The quantitative estimate of drug-likeness (QED) is 0.573. The number of sulfonamides is 1. The van der Waals surface area contributed by atoms with Crippen LogP contribution in [0, 0.1) is 5.82 Å². The number of anilines is 2. The predicted molar refractivity (Wildman–Crippen MR) is 110 cm³/mol. The molecule has 0 saturated heterocycles. The molecule has 0 heterocycles. The number of amides is 1. The second kappa shape index (κ2) is 8.42. The smallest absolute Gasteiger partial charge is 0.253 e. The lowest BCUT2D eigenvalue weighted by molar-refractivity contribution is 0.0940. The summed E-state index contributed by atoms with van der Waals surface area (Å²) in [6, 6.07) is 18.4. The first-order valence-corrected chi connectivity index (χ1v) is 10.3. The van der Waals surface area contributed by atoms with Gasteiger partial charge >= 0.3 is 0 Å². The fourth-order valence-corrected chi connectivity index (χ4v) is 3.30. The molecule has 6 nitrogen and oxygen atoms in total. The number of benzene rings is 3. The average Bonchev–Trinajstić information content (AvgIpc) is 2.69. The van der Waals surface area contributed by atoms with Gasteiger partial charge in [0.1, 0.15) is 5.82 Å². The standard InChI is InChI=1S/C21H20FN3O3S/c1-14(15-6-12-18(13-7-15)29(23,27)28)24-21(26)19-4-2-3-5-20(19)25-17-10-8-16(22)9-11-17/h2-14,25H,1H3,(H,24,26)(H2,23,27,28)/t14-/m1/s1. The number of nitrogens with two attached hydrogens (primary N) is 1. The third-order valence-corrected chi connectivity index (χ3v) is 5.28. The van der Waals surface area contributed by atoms with Crippen LogP contribution >= 0.6 is 0 Å². The number of carbonyl (C=O) groups is 1. The van der Waals surface area contributed by atoms with E-state index in [1.165, 1.54) is 24.3 Å². The predicted octanol–water partition coefficient (Wildman–Crippen LogP) is 3.71. The highest BCUT2D eigenvalue weighted by atomic mass is 32.2. The second-order valence-corrected chi connectivity index (χ2v) is 8.05. The molecule has 0 aromatic heterocycles. The van der Waals surface area contributed by atoms with Gasteiger partial charge in [0.25, 0.3) is 5.91 Å². The topological polar surface area (TPSA) is 101 Å². The molecular weight excluding hydrogens is 393 g/mol. The van der Waals surface area contributed by atoms with E-state index in [1.54, 1.807) is 55.5 Å². The molecule has 0 aliphatic rings. The van der Waals surface area contributed by atoms with E-state index in [9.17, 15) is 17.6 Å². The molecule has 0 radical (unpaired) electrons. The van der Waals surface area contributed by atoms with Gasteiger partial charge in [-0.05, 0) is 61.0 Å². The van der Waals surface area contributed by atoms with E-state index in [2.05, 4.69) is 10.6 Å². The van der Waals surface area contributed by atoms with Crippen LogP contribution in [-0.2, 0) is 10.0 Å². The number of hydrogen-bond donors (Lipinski definition) is 3.